The van der Waals surface area contributed by atoms with Gasteiger partial charge in [0.15, 0.2) is 0 Å². The lowest BCUT2D eigenvalue weighted by molar-refractivity contribution is 0.0391. The van der Waals surface area contributed by atoms with E-state index in [1.807, 2.05) is 18.2 Å². The number of nitrogens with two attached hydrogens (primary N) is 1. The van der Waals surface area contributed by atoms with Crippen LogP contribution in [0.2, 0.25) is 0 Å². The standard InChI is InChI=1S/C19H22N2O4/c1-19(2)10-12-7-13(11-5-6-21-16(8-11)24-4)15(23-3)9-14(12)17(19)25-18(20)22/h5-9,17H,10H2,1-4H3,(H2,20,22). The molecule has 2 N–H and O–H groups in total. The molecule has 1 heterocycles. The van der Waals surface area contributed by atoms with Crippen LogP contribution in [-0.2, 0) is 11.2 Å². The summed E-state index contributed by atoms with van der Waals surface area (Å²) in [5.74, 6) is 1.23. The van der Waals surface area contributed by atoms with Crippen molar-refractivity contribution in [3.8, 4) is 22.8 Å². The fourth-order valence-electron chi connectivity index (χ4n) is 3.46. The SMILES string of the molecule is COc1cc(-c2cc3c(cc2OC)C(OC(N)=O)C(C)(C)C3)ccn1. The summed E-state index contributed by atoms with van der Waals surface area (Å²) in [6.07, 6.45) is 1.31. The van der Waals surface area contributed by atoms with Crippen molar-refractivity contribution in [3.63, 3.8) is 0 Å². The van der Waals surface area contributed by atoms with E-state index in [0.717, 1.165) is 28.7 Å². The number of amides is 1. The maximum Gasteiger partial charge on any atom is 0.405 e. The van der Waals surface area contributed by atoms with Gasteiger partial charge in [-0.15, -0.1) is 0 Å². The van der Waals surface area contributed by atoms with Gasteiger partial charge < -0.3 is 19.9 Å². The summed E-state index contributed by atoms with van der Waals surface area (Å²) in [6.45, 7) is 4.12. The van der Waals surface area contributed by atoms with Gasteiger partial charge in [-0.3, -0.25) is 0 Å². The van der Waals surface area contributed by atoms with Gasteiger partial charge in [0, 0.05) is 23.2 Å². The smallest absolute Gasteiger partial charge is 0.405 e. The van der Waals surface area contributed by atoms with Crippen LogP contribution in [0.3, 0.4) is 0 Å². The first-order valence-corrected chi connectivity index (χ1v) is 8.03. The molecule has 1 aromatic heterocycles. The Labute approximate surface area is 146 Å². The zero-order chi connectivity index (χ0) is 18.2. The average molecular weight is 342 g/mol. The number of carbonyl (C=O) groups is 1. The Morgan fingerprint density at radius 2 is 2.00 bits per heavy atom. The minimum absolute atomic E-state index is 0.239. The van der Waals surface area contributed by atoms with Crippen molar-refractivity contribution in [1.29, 1.82) is 0 Å². The molecule has 1 amide bonds. The number of aromatic nitrogens is 1. The molecule has 6 heteroatoms. The number of ether oxygens (including phenoxy) is 3. The molecule has 6 nitrogen and oxygen atoms in total. The molecular weight excluding hydrogens is 320 g/mol. The molecule has 1 unspecified atom stereocenters. The highest BCUT2D eigenvalue weighted by Crippen LogP contribution is 2.50. The Kier molecular flexibility index (Phi) is 4.29. The molecule has 0 fully saturated rings. The summed E-state index contributed by atoms with van der Waals surface area (Å²) in [5.41, 5.74) is 8.96. The minimum atomic E-state index is -0.771. The van der Waals surface area contributed by atoms with E-state index in [0.29, 0.717) is 11.6 Å². The second-order valence-corrected chi connectivity index (χ2v) is 6.82. The first-order chi connectivity index (χ1) is 11.9. The molecular formula is C19H22N2O4. The van der Waals surface area contributed by atoms with E-state index >= 15 is 0 Å². The summed E-state index contributed by atoms with van der Waals surface area (Å²) < 4.78 is 16.2. The van der Waals surface area contributed by atoms with E-state index in [9.17, 15) is 4.79 Å². The molecule has 1 aliphatic carbocycles. The summed E-state index contributed by atoms with van der Waals surface area (Å²) >= 11 is 0. The molecule has 1 atom stereocenters. The van der Waals surface area contributed by atoms with Gasteiger partial charge in [-0.1, -0.05) is 13.8 Å². The third kappa shape index (κ3) is 3.12. The molecule has 2 aromatic rings. The Morgan fingerprint density at radius 1 is 1.24 bits per heavy atom. The molecule has 132 valence electrons. The zero-order valence-electron chi connectivity index (χ0n) is 14.8. The van der Waals surface area contributed by atoms with Crippen LogP contribution < -0.4 is 15.2 Å². The normalized spacial score (nSPS) is 17.7. The van der Waals surface area contributed by atoms with E-state index in [-0.39, 0.29) is 5.41 Å². The molecule has 1 aromatic carbocycles. The van der Waals surface area contributed by atoms with Crippen LogP contribution in [0.4, 0.5) is 4.79 Å². The van der Waals surface area contributed by atoms with Crippen molar-refractivity contribution < 1.29 is 19.0 Å². The Morgan fingerprint density at radius 3 is 2.64 bits per heavy atom. The van der Waals surface area contributed by atoms with E-state index in [2.05, 4.69) is 24.9 Å². The summed E-state index contributed by atoms with van der Waals surface area (Å²) in [6, 6.07) is 7.78. The average Bonchev–Trinajstić information content (AvgIpc) is 2.82. The largest absolute Gasteiger partial charge is 0.496 e. The highest BCUT2D eigenvalue weighted by Gasteiger charge is 2.42. The topological polar surface area (TPSA) is 83.7 Å². The summed E-state index contributed by atoms with van der Waals surface area (Å²) in [7, 11) is 3.20. The third-order valence-corrected chi connectivity index (χ3v) is 4.59. The third-order valence-electron chi connectivity index (χ3n) is 4.59. The molecule has 0 saturated heterocycles. The number of pyridine rings is 1. The number of rotatable bonds is 4. The summed E-state index contributed by atoms with van der Waals surface area (Å²) in [5, 5.41) is 0. The number of primary amides is 1. The number of fused-ring (bicyclic) bond motifs is 1. The fourth-order valence-corrected chi connectivity index (χ4v) is 3.46. The van der Waals surface area contributed by atoms with Crippen molar-refractivity contribution in [1.82, 2.24) is 4.98 Å². The van der Waals surface area contributed by atoms with Gasteiger partial charge in [0.05, 0.1) is 14.2 Å². The van der Waals surface area contributed by atoms with Crippen LogP contribution >= 0.6 is 0 Å². The monoisotopic (exact) mass is 342 g/mol. The molecule has 0 aliphatic heterocycles. The van der Waals surface area contributed by atoms with Crippen LogP contribution in [0, 0.1) is 5.41 Å². The van der Waals surface area contributed by atoms with E-state index < -0.39 is 12.2 Å². The van der Waals surface area contributed by atoms with E-state index in [1.165, 1.54) is 0 Å². The van der Waals surface area contributed by atoms with Crippen molar-refractivity contribution in [2.45, 2.75) is 26.4 Å². The van der Waals surface area contributed by atoms with Gasteiger partial charge >= 0.3 is 6.09 Å². The van der Waals surface area contributed by atoms with Gasteiger partial charge in [0.2, 0.25) is 5.88 Å². The highest BCUT2D eigenvalue weighted by molar-refractivity contribution is 5.73. The molecule has 0 spiro atoms. The maximum atomic E-state index is 11.3. The highest BCUT2D eigenvalue weighted by atomic mass is 16.6. The predicted octanol–water partition coefficient (Wildman–Crippen LogP) is 3.48. The molecule has 3 rings (SSSR count). The molecule has 0 saturated carbocycles. The zero-order valence-corrected chi connectivity index (χ0v) is 14.8. The second-order valence-electron chi connectivity index (χ2n) is 6.82. The van der Waals surface area contributed by atoms with Crippen LogP contribution in [0.25, 0.3) is 11.1 Å². The number of hydrogen-bond acceptors (Lipinski definition) is 5. The van der Waals surface area contributed by atoms with Gasteiger partial charge in [0.25, 0.3) is 0 Å². The van der Waals surface area contributed by atoms with E-state index in [4.69, 9.17) is 19.9 Å². The lowest BCUT2D eigenvalue weighted by Gasteiger charge is -2.26. The molecule has 0 radical (unpaired) electrons. The van der Waals surface area contributed by atoms with Crippen LogP contribution in [0.1, 0.15) is 31.1 Å². The predicted molar refractivity (Wildman–Crippen MR) is 93.7 cm³/mol. The first-order valence-electron chi connectivity index (χ1n) is 8.03. The number of methoxy groups -OCH3 is 2. The number of benzene rings is 1. The lowest BCUT2D eigenvalue weighted by Crippen LogP contribution is -2.25. The van der Waals surface area contributed by atoms with Crippen LogP contribution in [-0.4, -0.2) is 25.3 Å². The van der Waals surface area contributed by atoms with Crippen molar-refractivity contribution in [2.24, 2.45) is 11.1 Å². The first kappa shape index (κ1) is 17.1. The fraction of sp³-hybridized carbons (Fsp3) is 0.368. The Bertz CT molecular complexity index is 817. The van der Waals surface area contributed by atoms with Gasteiger partial charge in [0.1, 0.15) is 11.9 Å². The Balaban J connectivity index is 2.11. The lowest BCUT2D eigenvalue weighted by atomic mass is 9.87. The van der Waals surface area contributed by atoms with Gasteiger partial charge in [-0.2, -0.15) is 0 Å². The number of hydrogen-bond donors (Lipinski definition) is 1. The maximum absolute atomic E-state index is 11.3. The Hall–Kier alpha value is -2.76. The van der Waals surface area contributed by atoms with E-state index in [1.54, 1.807) is 20.4 Å². The second kappa shape index (κ2) is 6.27. The van der Waals surface area contributed by atoms with Crippen molar-refractivity contribution in [2.75, 3.05) is 14.2 Å². The minimum Gasteiger partial charge on any atom is -0.496 e. The molecule has 25 heavy (non-hydrogen) atoms. The quantitative estimate of drug-likeness (QED) is 0.919. The molecule has 0 bridgehead atoms. The number of carbonyl (C=O) groups excluding carboxylic acids is 1. The molecule has 1 aliphatic rings. The number of nitrogens with zero attached hydrogens (tertiary/aromatic N) is 1. The van der Waals surface area contributed by atoms with Crippen molar-refractivity contribution in [3.05, 3.63) is 41.6 Å². The van der Waals surface area contributed by atoms with Gasteiger partial charge in [-0.25, -0.2) is 9.78 Å². The van der Waals surface area contributed by atoms with Crippen molar-refractivity contribution >= 4 is 6.09 Å². The van der Waals surface area contributed by atoms with Crippen LogP contribution in [0.15, 0.2) is 30.5 Å². The van der Waals surface area contributed by atoms with Crippen LogP contribution in [0.5, 0.6) is 11.6 Å². The van der Waals surface area contributed by atoms with Gasteiger partial charge in [-0.05, 0) is 41.3 Å². The summed E-state index contributed by atoms with van der Waals surface area (Å²) in [4.78, 5) is 15.5.